The van der Waals surface area contributed by atoms with Crippen LogP contribution in [0.5, 0.6) is 0 Å². The van der Waals surface area contributed by atoms with Gasteiger partial charge in [-0.3, -0.25) is 9.25 Å². The van der Waals surface area contributed by atoms with Crippen LogP contribution in [-0.4, -0.2) is 30.3 Å². The summed E-state index contributed by atoms with van der Waals surface area (Å²) in [6.45, 7) is 2.65. The van der Waals surface area contributed by atoms with E-state index in [4.69, 9.17) is 16.9 Å². The van der Waals surface area contributed by atoms with Crippen LogP contribution in [0.2, 0.25) is 5.02 Å². The second-order valence-electron chi connectivity index (χ2n) is 4.87. The van der Waals surface area contributed by atoms with Gasteiger partial charge in [0.25, 0.3) is 0 Å². The van der Waals surface area contributed by atoms with Gasteiger partial charge in [-0.1, -0.05) is 29.4 Å². The Morgan fingerprint density at radius 3 is 3.00 bits per heavy atom. The average molecular weight is 345 g/mol. The van der Waals surface area contributed by atoms with Gasteiger partial charge in [0.1, 0.15) is 12.4 Å². The SMILES string of the molecule is Cc1ccc(-n2cnnc2SCCn2cc(C#N)cn2)cc1Cl. The normalized spacial score (nSPS) is 10.7. The van der Waals surface area contributed by atoms with Gasteiger partial charge in [0.15, 0.2) is 5.16 Å². The van der Waals surface area contributed by atoms with Gasteiger partial charge in [-0.15, -0.1) is 10.2 Å². The first kappa shape index (κ1) is 15.6. The molecule has 23 heavy (non-hydrogen) atoms. The summed E-state index contributed by atoms with van der Waals surface area (Å²) in [7, 11) is 0. The lowest BCUT2D eigenvalue weighted by Gasteiger charge is -2.08. The summed E-state index contributed by atoms with van der Waals surface area (Å²) in [6, 6.07) is 7.92. The Morgan fingerprint density at radius 1 is 1.39 bits per heavy atom. The molecule has 1 aromatic carbocycles. The molecular weight excluding hydrogens is 332 g/mol. The van der Waals surface area contributed by atoms with Gasteiger partial charge in [0, 0.05) is 17.0 Å². The Morgan fingerprint density at radius 2 is 2.26 bits per heavy atom. The summed E-state index contributed by atoms with van der Waals surface area (Å²) >= 11 is 7.76. The first-order chi connectivity index (χ1) is 11.2. The molecule has 0 atom stereocenters. The van der Waals surface area contributed by atoms with E-state index in [2.05, 4.69) is 21.4 Å². The van der Waals surface area contributed by atoms with Gasteiger partial charge in [-0.25, -0.2) is 0 Å². The number of thioether (sulfide) groups is 1. The Kier molecular flexibility index (Phi) is 4.65. The Labute approximate surface area is 142 Å². The van der Waals surface area contributed by atoms with Gasteiger partial charge >= 0.3 is 0 Å². The maximum atomic E-state index is 8.79. The van der Waals surface area contributed by atoms with E-state index < -0.39 is 0 Å². The minimum Gasteiger partial charge on any atom is -0.277 e. The summed E-state index contributed by atoms with van der Waals surface area (Å²) in [6.07, 6.45) is 4.96. The third kappa shape index (κ3) is 3.55. The number of rotatable bonds is 5. The molecule has 6 nitrogen and oxygen atoms in total. The van der Waals surface area contributed by atoms with E-state index in [1.807, 2.05) is 29.7 Å². The summed E-state index contributed by atoms with van der Waals surface area (Å²) in [5.41, 5.74) is 2.52. The predicted octanol–water partition coefficient (Wildman–Crippen LogP) is 3.09. The smallest absolute Gasteiger partial charge is 0.195 e. The fourth-order valence-corrected chi connectivity index (χ4v) is 3.04. The highest BCUT2D eigenvalue weighted by Gasteiger charge is 2.08. The Bertz CT molecular complexity index is 863. The molecule has 0 saturated carbocycles. The topological polar surface area (TPSA) is 72.3 Å². The van der Waals surface area contributed by atoms with Gasteiger partial charge in [-0.2, -0.15) is 10.4 Å². The predicted molar refractivity (Wildman–Crippen MR) is 88.8 cm³/mol. The van der Waals surface area contributed by atoms with Crippen LogP contribution >= 0.6 is 23.4 Å². The molecular formula is C15H13ClN6S. The first-order valence-corrected chi connectivity index (χ1v) is 8.25. The van der Waals surface area contributed by atoms with Crippen LogP contribution in [0.1, 0.15) is 11.1 Å². The van der Waals surface area contributed by atoms with E-state index in [1.165, 1.54) is 0 Å². The fraction of sp³-hybridized carbons (Fsp3) is 0.200. The van der Waals surface area contributed by atoms with Crippen molar-refractivity contribution in [2.75, 3.05) is 5.75 Å². The molecule has 0 radical (unpaired) electrons. The van der Waals surface area contributed by atoms with Crippen molar-refractivity contribution in [3.05, 3.63) is 53.1 Å². The number of aromatic nitrogens is 5. The molecule has 0 bridgehead atoms. The number of hydrogen-bond acceptors (Lipinski definition) is 5. The zero-order valence-corrected chi connectivity index (χ0v) is 13.9. The lowest BCUT2D eigenvalue weighted by molar-refractivity contribution is 0.665. The molecule has 0 spiro atoms. The second kappa shape index (κ2) is 6.86. The van der Waals surface area contributed by atoms with Gasteiger partial charge in [-0.05, 0) is 24.6 Å². The van der Waals surface area contributed by atoms with Crippen molar-refractivity contribution in [2.24, 2.45) is 0 Å². The van der Waals surface area contributed by atoms with E-state index in [9.17, 15) is 0 Å². The number of halogens is 1. The lowest BCUT2D eigenvalue weighted by atomic mass is 10.2. The van der Waals surface area contributed by atoms with Crippen LogP contribution in [0.25, 0.3) is 5.69 Å². The monoisotopic (exact) mass is 344 g/mol. The fourth-order valence-electron chi connectivity index (χ4n) is 2.01. The summed E-state index contributed by atoms with van der Waals surface area (Å²) in [5.74, 6) is 0.769. The van der Waals surface area contributed by atoms with E-state index in [-0.39, 0.29) is 0 Å². The van der Waals surface area contributed by atoms with E-state index in [0.29, 0.717) is 17.1 Å². The van der Waals surface area contributed by atoms with Crippen molar-refractivity contribution < 1.29 is 0 Å². The van der Waals surface area contributed by atoms with E-state index in [0.717, 1.165) is 22.2 Å². The number of benzene rings is 1. The van der Waals surface area contributed by atoms with Crippen molar-refractivity contribution in [3.63, 3.8) is 0 Å². The lowest BCUT2D eigenvalue weighted by Crippen LogP contribution is -2.02. The van der Waals surface area contributed by atoms with Crippen LogP contribution in [0.3, 0.4) is 0 Å². The van der Waals surface area contributed by atoms with Crippen molar-refractivity contribution in [3.8, 4) is 11.8 Å². The van der Waals surface area contributed by atoms with Crippen LogP contribution in [0.4, 0.5) is 0 Å². The van der Waals surface area contributed by atoms with Gasteiger partial charge in [0.2, 0.25) is 0 Å². The Hall–Kier alpha value is -2.30. The molecule has 0 fully saturated rings. The first-order valence-electron chi connectivity index (χ1n) is 6.89. The quantitative estimate of drug-likeness (QED) is 0.665. The summed E-state index contributed by atoms with van der Waals surface area (Å²) in [4.78, 5) is 0. The zero-order valence-electron chi connectivity index (χ0n) is 12.3. The molecule has 0 aliphatic rings. The summed E-state index contributed by atoms with van der Waals surface area (Å²) in [5, 5.41) is 22.5. The van der Waals surface area contributed by atoms with Crippen molar-refractivity contribution in [1.29, 1.82) is 5.26 Å². The largest absolute Gasteiger partial charge is 0.277 e. The molecule has 3 rings (SSSR count). The minimum absolute atomic E-state index is 0.562. The molecule has 0 saturated heterocycles. The van der Waals surface area contributed by atoms with Gasteiger partial charge < -0.3 is 0 Å². The second-order valence-corrected chi connectivity index (χ2v) is 6.34. The maximum absolute atomic E-state index is 8.79. The molecule has 0 N–H and O–H groups in total. The van der Waals surface area contributed by atoms with Crippen LogP contribution in [0, 0.1) is 18.3 Å². The number of aryl methyl sites for hydroxylation is 2. The maximum Gasteiger partial charge on any atom is 0.195 e. The van der Waals surface area contributed by atoms with Crippen molar-refractivity contribution in [1.82, 2.24) is 24.5 Å². The number of nitrogens with zero attached hydrogens (tertiary/aromatic N) is 6. The molecule has 0 unspecified atom stereocenters. The van der Waals surface area contributed by atoms with Crippen LogP contribution < -0.4 is 0 Å². The highest BCUT2D eigenvalue weighted by Crippen LogP contribution is 2.23. The molecule has 2 aromatic heterocycles. The number of hydrogen-bond donors (Lipinski definition) is 0. The number of nitriles is 1. The van der Waals surface area contributed by atoms with E-state index in [1.54, 1.807) is 35.2 Å². The van der Waals surface area contributed by atoms with Gasteiger partial charge in [0.05, 0.1) is 24.0 Å². The Balaban J connectivity index is 1.69. The third-order valence-corrected chi connectivity index (χ3v) is 4.59. The minimum atomic E-state index is 0.562. The molecule has 0 aliphatic heterocycles. The van der Waals surface area contributed by atoms with Crippen LogP contribution in [0.15, 0.2) is 42.1 Å². The molecule has 0 amide bonds. The molecule has 3 aromatic rings. The molecule has 116 valence electrons. The molecule has 2 heterocycles. The van der Waals surface area contributed by atoms with Crippen LogP contribution in [-0.2, 0) is 6.54 Å². The molecule has 0 aliphatic carbocycles. The molecule has 8 heteroatoms. The zero-order chi connectivity index (χ0) is 16.2. The third-order valence-electron chi connectivity index (χ3n) is 3.26. The highest BCUT2D eigenvalue weighted by molar-refractivity contribution is 7.99. The standard InChI is InChI=1S/C15H13ClN6S/c1-11-2-3-13(6-14(11)16)22-10-18-20-15(22)23-5-4-21-9-12(7-17)8-19-21/h2-3,6,8-10H,4-5H2,1H3. The summed E-state index contributed by atoms with van der Waals surface area (Å²) < 4.78 is 3.65. The average Bonchev–Trinajstić information content (AvgIpc) is 3.19. The van der Waals surface area contributed by atoms with Crippen molar-refractivity contribution >= 4 is 23.4 Å². The van der Waals surface area contributed by atoms with Crippen molar-refractivity contribution in [2.45, 2.75) is 18.6 Å². The van der Waals surface area contributed by atoms with E-state index >= 15 is 0 Å². The highest BCUT2D eigenvalue weighted by atomic mass is 35.5.